The fourth-order valence-electron chi connectivity index (χ4n) is 0.738. The molecule has 0 rings (SSSR count). The second-order valence-corrected chi connectivity index (χ2v) is 4.99. The summed E-state index contributed by atoms with van der Waals surface area (Å²) in [5.41, 5.74) is -1.32. The van der Waals surface area contributed by atoms with Crippen LogP contribution >= 0.6 is 0 Å². The molecular formula is C11H20O3. The molecule has 0 fully saturated rings. The molecule has 0 N–H and O–H groups in total. The largest absolute Gasteiger partial charge is 0.371 e. The summed E-state index contributed by atoms with van der Waals surface area (Å²) in [6.07, 6.45) is -0.0513. The first kappa shape index (κ1) is 13.3. The smallest absolute Gasteiger partial charge is 0.171 e. The van der Waals surface area contributed by atoms with Gasteiger partial charge < -0.3 is 4.74 Å². The minimum atomic E-state index is -0.860. The van der Waals surface area contributed by atoms with Gasteiger partial charge in [-0.05, 0) is 13.8 Å². The number of ether oxygens (including phenoxy) is 1. The van der Waals surface area contributed by atoms with E-state index in [1.165, 1.54) is 7.11 Å². The molecule has 0 atom stereocenters. The average Bonchev–Trinajstić information content (AvgIpc) is 2.02. The molecule has 0 saturated carbocycles. The Morgan fingerprint density at radius 3 is 1.71 bits per heavy atom. The lowest BCUT2D eigenvalue weighted by atomic mass is 9.85. The molecule has 3 heteroatoms. The maximum Gasteiger partial charge on any atom is 0.171 e. The zero-order valence-corrected chi connectivity index (χ0v) is 9.93. The minimum Gasteiger partial charge on any atom is -0.371 e. The van der Waals surface area contributed by atoms with Gasteiger partial charge in [0.25, 0.3) is 0 Å². The van der Waals surface area contributed by atoms with E-state index in [2.05, 4.69) is 0 Å². The van der Waals surface area contributed by atoms with Crippen LogP contribution in [0.15, 0.2) is 0 Å². The van der Waals surface area contributed by atoms with Gasteiger partial charge in [-0.15, -0.1) is 0 Å². The molecule has 0 spiro atoms. The van der Waals surface area contributed by atoms with Gasteiger partial charge in [0, 0.05) is 12.5 Å². The van der Waals surface area contributed by atoms with E-state index in [0.717, 1.165) is 0 Å². The molecule has 0 radical (unpaired) electrons. The van der Waals surface area contributed by atoms with Crippen LogP contribution in [0.5, 0.6) is 0 Å². The number of methoxy groups -OCH3 is 1. The molecule has 0 aliphatic heterocycles. The summed E-state index contributed by atoms with van der Waals surface area (Å²) in [6.45, 7) is 8.77. The molecule has 0 bridgehead atoms. The minimum absolute atomic E-state index is 0.0485. The van der Waals surface area contributed by atoms with Gasteiger partial charge in [-0.2, -0.15) is 0 Å². The summed E-state index contributed by atoms with van der Waals surface area (Å²) in [7, 11) is 1.47. The number of carbonyl (C=O) groups is 2. The van der Waals surface area contributed by atoms with Crippen molar-refractivity contribution in [3.8, 4) is 0 Å². The molecule has 0 aromatic carbocycles. The van der Waals surface area contributed by atoms with Gasteiger partial charge in [-0.3, -0.25) is 9.59 Å². The zero-order chi connectivity index (χ0) is 11.6. The highest BCUT2D eigenvalue weighted by Crippen LogP contribution is 2.20. The third-order valence-corrected chi connectivity index (χ3v) is 2.34. The Balaban J connectivity index is 4.43. The lowest BCUT2D eigenvalue weighted by molar-refractivity contribution is -0.142. The number of hydrogen-bond acceptors (Lipinski definition) is 3. The maximum absolute atomic E-state index is 11.6. The monoisotopic (exact) mass is 200 g/mol. The van der Waals surface area contributed by atoms with Crippen molar-refractivity contribution in [1.29, 1.82) is 0 Å². The van der Waals surface area contributed by atoms with E-state index in [4.69, 9.17) is 4.74 Å². The maximum atomic E-state index is 11.6. The number of carbonyl (C=O) groups excluding carboxylic acids is 2. The first-order chi connectivity index (χ1) is 6.11. The fourth-order valence-corrected chi connectivity index (χ4v) is 0.738. The van der Waals surface area contributed by atoms with Gasteiger partial charge in [0.15, 0.2) is 5.78 Å². The van der Waals surface area contributed by atoms with E-state index in [1.54, 1.807) is 13.8 Å². The van der Waals surface area contributed by atoms with Crippen molar-refractivity contribution in [3.05, 3.63) is 0 Å². The van der Waals surface area contributed by atoms with Gasteiger partial charge in [0.2, 0.25) is 0 Å². The van der Waals surface area contributed by atoms with Crippen LogP contribution < -0.4 is 0 Å². The van der Waals surface area contributed by atoms with Crippen LogP contribution in [-0.4, -0.2) is 24.3 Å². The van der Waals surface area contributed by atoms with Gasteiger partial charge in [0.05, 0.1) is 6.42 Å². The van der Waals surface area contributed by atoms with Crippen LogP contribution in [0.25, 0.3) is 0 Å². The highest BCUT2D eigenvalue weighted by Gasteiger charge is 2.32. The normalized spacial score (nSPS) is 12.7. The number of hydrogen-bond donors (Lipinski definition) is 0. The zero-order valence-electron chi connectivity index (χ0n) is 9.93. The first-order valence-electron chi connectivity index (χ1n) is 4.73. The van der Waals surface area contributed by atoms with E-state index in [0.29, 0.717) is 0 Å². The van der Waals surface area contributed by atoms with Crippen molar-refractivity contribution in [2.24, 2.45) is 5.41 Å². The molecule has 82 valence electrons. The highest BCUT2D eigenvalue weighted by molar-refractivity contribution is 6.04. The van der Waals surface area contributed by atoms with Crippen molar-refractivity contribution in [3.63, 3.8) is 0 Å². The Bertz CT molecular complexity index is 233. The first-order valence-corrected chi connectivity index (χ1v) is 4.73. The van der Waals surface area contributed by atoms with Crippen molar-refractivity contribution < 1.29 is 14.3 Å². The van der Waals surface area contributed by atoms with Crippen molar-refractivity contribution in [2.45, 2.75) is 46.6 Å². The van der Waals surface area contributed by atoms with Crippen LogP contribution in [0.2, 0.25) is 0 Å². The third-order valence-electron chi connectivity index (χ3n) is 2.34. The Morgan fingerprint density at radius 1 is 1.00 bits per heavy atom. The second kappa shape index (κ2) is 4.22. The standard InChI is InChI=1S/C11H20O3/c1-10(2,3)8(12)7-9(13)11(4,5)14-6/h7H2,1-6H3. The Morgan fingerprint density at radius 2 is 1.43 bits per heavy atom. The van der Waals surface area contributed by atoms with E-state index < -0.39 is 11.0 Å². The van der Waals surface area contributed by atoms with E-state index >= 15 is 0 Å². The molecule has 0 saturated heterocycles. The highest BCUT2D eigenvalue weighted by atomic mass is 16.5. The lowest BCUT2D eigenvalue weighted by Gasteiger charge is -2.23. The lowest BCUT2D eigenvalue weighted by Crippen LogP contribution is -2.37. The Kier molecular flexibility index (Phi) is 4.01. The quantitative estimate of drug-likeness (QED) is 0.652. The van der Waals surface area contributed by atoms with Gasteiger partial charge in [-0.1, -0.05) is 20.8 Å². The van der Waals surface area contributed by atoms with E-state index in [1.807, 2.05) is 20.8 Å². The summed E-state index contributed by atoms with van der Waals surface area (Å²) in [4.78, 5) is 23.2. The summed E-state index contributed by atoms with van der Waals surface area (Å²) >= 11 is 0. The van der Waals surface area contributed by atoms with Crippen LogP contribution in [0, 0.1) is 5.41 Å². The molecule has 14 heavy (non-hydrogen) atoms. The number of Topliss-reactive ketones (excluding diaryl/α,β-unsaturated/α-hetero) is 2. The van der Waals surface area contributed by atoms with Crippen molar-refractivity contribution in [2.75, 3.05) is 7.11 Å². The average molecular weight is 200 g/mol. The molecule has 0 heterocycles. The van der Waals surface area contributed by atoms with Crippen LogP contribution in [0.1, 0.15) is 41.0 Å². The molecule has 0 aliphatic carbocycles. The van der Waals surface area contributed by atoms with Crippen molar-refractivity contribution >= 4 is 11.6 Å². The SMILES string of the molecule is COC(C)(C)C(=O)CC(=O)C(C)(C)C. The van der Waals surface area contributed by atoms with Gasteiger partial charge in [-0.25, -0.2) is 0 Å². The van der Waals surface area contributed by atoms with Crippen LogP contribution in [0.4, 0.5) is 0 Å². The van der Waals surface area contributed by atoms with Gasteiger partial charge >= 0.3 is 0 Å². The van der Waals surface area contributed by atoms with Crippen molar-refractivity contribution in [1.82, 2.24) is 0 Å². The second-order valence-electron chi connectivity index (χ2n) is 4.99. The third kappa shape index (κ3) is 3.58. The Hall–Kier alpha value is -0.700. The topological polar surface area (TPSA) is 43.4 Å². The molecular weight excluding hydrogens is 180 g/mol. The Labute approximate surface area is 85.8 Å². The molecule has 0 aromatic rings. The number of rotatable bonds is 4. The predicted molar refractivity (Wildman–Crippen MR) is 55.2 cm³/mol. The number of ketones is 2. The van der Waals surface area contributed by atoms with E-state index in [9.17, 15) is 9.59 Å². The van der Waals surface area contributed by atoms with Crippen LogP contribution in [-0.2, 0) is 14.3 Å². The van der Waals surface area contributed by atoms with Gasteiger partial charge in [0.1, 0.15) is 11.4 Å². The predicted octanol–water partition coefficient (Wildman–Crippen LogP) is 1.99. The summed E-state index contributed by atoms with van der Waals surface area (Å²) in [5, 5.41) is 0. The fraction of sp³-hybridized carbons (Fsp3) is 0.818. The van der Waals surface area contributed by atoms with Crippen LogP contribution in [0.3, 0.4) is 0 Å². The molecule has 0 amide bonds. The summed E-state index contributed by atoms with van der Waals surface area (Å²) in [5.74, 6) is -0.215. The summed E-state index contributed by atoms with van der Waals surface area (Å²) in [6, 6.07) is 0. The molecule has 0 aliphatic rings. The van der Waals surface area contributed by atoms with E-state index in [-0.39, 0.29) is 18.0 Å². The molecule has 0 aromatic heterocycles. The molecule has 0 unspecified atom stereocenters. The summed E-state index contributed by atoms with van der Waals surface area (Å²) < 4.78 is 5.01. The molecule has 3 nitrogen and oxygen atoms in total.